The number of hydrogen-bond donors (Lipinski definition) is 0. The van der Waals surface area contributed by atoms with E-state index in [2.05, 4.69) is 25.4 Å². The number of halogens is 2. The fourth-order valence-electron chi connectivity index (χ4n) is 1.26. The molecule has 0 spiro atoms. The van der Waals surface area contributed by atoms with Crippen LogP contribution in [-0.2, 0) is 0 Å². The van der Waals surface area contributed by atoms with Gasteiger partial charge in [-0.05, 0) is 23.8 Å². The van der Waals surface area contributed by atoms with Crippen LogP contribution in [0.5, 0.6) is 11.5 Å². The zero-order chi connectivity index (χ0) is 12.3. The number of tetrazole rings is 1. The van der Waals surface area contributed by atoms with Gasteiger partial charge in [0.05, 0.1) is 7.11 Å². The molecular weight excluding hydrogens is 234 g/mol. The Balaban J connectivity index is 2.34. The molecule has 1 heterocycles. The second kappa shape index (κ2) is 4.73. The molecule has 0 saturated carbocycles. The van der Waals surface area contributed by atoms with Crippen LogP contribution < -0.4 is 14.6 Å². The molecule has 0 N–H and O–H groups in total. The van der Waals surface area contributed by atoms with Crippen molar-refractivity contribution in [2.45, 2.75) is 6.61 Å². The molecule has 2 aromatic rings. The maximum atomic E-state index is 12.1. The fourth-order valence-corrected chi connectivity index (χ4v) is 1.26. The van der Waals surface area contributed by atoms with E-state index in [4.69, 9.17) is 4.74 Å². The van der Waals surface area contributed by atoms with Gasteiger partial charge in [0.2, 0.25) is 0 Å². The number of alkyl halides is 2. The van der Waals surface area contributed by atoms with Gasteiger partial charge in [-0.3, -0.25) is 10.3 Å². The quantitative estimate of drug-likeness (QED) is 0.798. The Bertz CT molecular complexity index is 490. The van der Waals surface area contributed by atoms with E-state index in [0.717, 1.165) is 0 Å². The van der Waals surface area contributed by atoms with Crippen LogP contribution in [0.25, 0.3) is 11.4 Å². The summed E-state index contributed by atoms with van der Waals surface area (Å²) in [5, 5.41) is 13.9. The Morgan fingerprint density at radius 2 is 2.12 bits per heavy atom. The maximum Gasteiger partial charge on any atom is 0.387 e. The number of aromatic nitrogens is 4. The van der Waals surface area contributed by atoms with E-state index in [1.165, 1.54) is 25.3 Å². The highest BCUT2D eigenvalue weighted by Gasteiger charge is 2.11. The van der Waals surface area contributed by atoms with Crippen LogP contribution in [0.3, 0.4) is 0 Å². The van der Waals surface area contributed by atoms with E-state index >= 15 is 0 Å². The number of ether oxygens (including phenoxy) is 2. The Morgan fingerprint density at radius 1 is 1.29 bits per heavy atom. The summed E-state index contributed by atoms with van der Waals surface area (Å²) < 4.78 is 33.4. The van der Waals surface area contributed by atoms with Crippen LogP contribution in [-0.4, -0.2) is 29.2 Å². The van der Waals surface area contributed by atoms with Crippen molar-refractivity contribution in [3.8, 4) is 22.9 Å². The van der Waals surface area contributed by atoms with Gasteiger partial charge in [-0.2, -0.15) is 14.0 Å². The van der Waals surface area contributed by atoms with Crippen molar-refractivity contribution in [3.05, 3.63) is 18.2 Å². The lowest BCUT2D eigenvalue weighted by molar-refractivity contribution is -0.0512. The van der Waals surface area contributed by atoms with Crippen LogP contribution >= 0.6 is 0 Å². The van der Waals surface area contributed by atoms with Crippen molar-refractivity contribution in [2.24, 2.45) is 0 Å². The summed E-state index contributed by atoms with van der Waals surface area (Å²) in [5.74, 6) is 0.387. The van der Waals surface area contributed by atoms with Gasteiger partial charge < -0.3 is 14.6 Å². The van der Waals surface area contributed by atoms with Gasteiger partial charge in [0.25, 0.3) is 0 Å². The minimum Gasteiger partial charge on any atom is -0.493 e. The molecule has 90 valence electrons. The summed E-state index contributed by atoms with van der Waals surface area (Å²) in [4.78, 5) is 0. The van der Waals surface area contributed by atoms with E-state index in [0.29, 0.717) is 5.56 Å². The highest BCUT2D eigenvalue weighted by atomic mass is 19.3. The van der Waals surface area contributed by atoms with E-state index in [1.54, 1.807) is 0 Å². The minimum absolute atomic E-state index is 0.0567. The number of benzene rings is 1. The third-order valence-electron chi connectivity index (χ3n) is 1.96. The highest BCUT2D eigenvalue weighted by Crippen LogP contribution is 2.31. The molecular formula is C9H7F2N4O2-. The van der Waals surface area contributed by atoms with Crippen molar-refractivity contribution < 1.29 is 18.3 Å². The van der Waals surface area contributed by atoms with Gasteiger partial charge in [-0.1, -0.05) is 0 Å². The molecule has 6 nitrogen and oxygen atoms in total. The molecule has 8 heteroatoms. The summed E-state index contributed by atoms with van der Waals surface area (Å²) >= 11 is 0. The highest BCUT2D eigenvalue weighted by molar-refractivity contribution is 5.60. The summed E-state index contributed by atoms with van der Waals surface area (Å²) in [6, 6.07) is 4.33. The number of rotatable bonds is 4. The topological polar surface area (TPSA) is 71.2 Å². The van der Waals surface area contributed by atoms with Crippen molar-refractivity contribution in [2.75, 3.05) is 7.11 Å². The number of hydrogen-bond acceptors (Lipinski definition) is 5. The van der Waals surface area contributed by atoms with E-state index in [-0.39, 0.29) is 17.3 Å². The third-order valence-corrected chi connectivity index (χ3v) is 1.96. The average Bonchev–Trinajstić information content (AvgIpc) is 2.82. The molecule has 0 fully saturated rings. The standard InChI is InChI=1S/C9H7F2N4O2/c1-16-7-4-5(8-12-14-15-13-8)2-3-6(7)17-9(10)11/h2-4,9H,1H3/q-1. The average molecular weight is 241 g/mol. The van der Waals surface area contributed by atoms with Gasteiger partial charge >= 0.3 is 6.61 Å². The molecule has 0 aliphatic heterocycles. The molecule has 0 bridgehead atoms. The summed E-state index contributed by atoms with van der Waals surface area (Å²) in [5.41, 5.74) is 0.550. The lowest BCUT2D eigenvalue weighted by Gasteiger charge is -2.11. The Hall–Kier alpha value is -2.25. The van der Waals surface area contributed by atoms with Gasteiger partial charge in [0.1, 0.15) is 0 Å². The van der Waals surface area contributed by atoms with Crippen molar-refractivity contribution in [1.82, 2.24) is 20.6 Å². The second-order valence-electron chi connectivity index (χ2n) is 2.95. The molecule has 17 heavy (non-hydrogen) atoms. The van der Waals surface area contributed by atoms with Crippen LogP contribution in [0.1, 0.15) is 0 Å². The van der Waals surface area contributed by atoms with Gasteiger partial charge in [-0.25, -0.2) is 0 Å². The number of methoxy groups -OCH3 is 1. The molecule has 1 aromatic heterocycles. The normalized spacial score (nSPS) is 10.6. The van der Waals surface area contributed by atoms with Gasteiger partial charge in [-0.15, -0.1) is 0 Å². The molecule has 0 aliphatic rings. The third kappa shape index (κ3) is 2.47. The smallest absolute Gasteiger partial charge is 0.387 e. The molecule has 0 saturated heterocycles. The summed E-state index contributed by atoms with van der Waals surface area (Å²) in [6.45, 7) is -2.91. The predicted octanol–water partition coefficient (Wildman–Crippen LogP) is 1.11. The van der Waals surface area contributed by atoms with Crippen molar-refractivity contribution in [3.63, 3.8) is 0 Å². The summed E-state index contributed by atoms with van der Waals surface area (Å²) in [6.07, 6.45) is 0. The lowest BCUT2D eigenvalue weighted by Crippen LogP contribution is -2.03. The van der Waals surface area contributed by atoms with Gasteiger partial charge in [0, 0.05) is 5.82 Å². The minimum atomic E-state index is -2.91. The molecule has 0 atom stereocenters. The lowest BCUT2D eigenvalue weighted by atomic mass is 10.2. The predicted molar refractivity (Wildman–Crippen MR) is 51.8 cm³/mol. The molecule has 0 radical (unpaired) electrons. The van der Waals surface area contributed by atoms with E-state index in [1.807, 2.05) is 0 Å². The van der Waals surface area contributed by atoms with Crippen LogP contribution in [0.15, 0.2) is 18.2 Å². The zero-order valence-corrected chi connectivity index (χ0v) is 8.67. The van der Waals surface area contributed by atoms with Crippen LogP contribution in [0.2, 0.25) is 0 Å². The second-order valence-corrected chi connectivity index (χ2v) is 2.95. The summed E-state index contributed by atoms with van der Waals surface area (Å²) in [7, 11) is 1.35. The monoisotopic (exact) mass is 241 g/mol. The van der Waals surface area contributed by atoms with Crippen LogP contribution in [0, 0.1) is 0 Å². The molecule has 0 unspecified atom stereocenters. The Morgan fingerprint density at radius 3 is 2.71 bits per heavy atom. The number of nitrogens with zero attached hydrogens (tertiary/aromatic N) is 4. The van der Waals surface area contributed by atoms with Crippen molar-refractivity contribution >= 4 is 0 Å². The fraction of sp³-hybridized carbons (Fsp3) is 0.222. The van der Waals surface area contributed by atoms with Gasteiger partial charge in [0.15, 0.2) is 11.5 Å². The first-order valence-corrected chi connectivity index (χ1v) is 4.52. The first kappa shape index (κ1) is 11.2. The van der Waals surface area contributed by atoms with Crippen molar-refractivity contribution in [1.29, 1.82) is 0 Å². The van der Waals surface area contributed by atoms with E-state index in [9.17, 15) is 8.78 Å². The first-order valence-electron chi connectivity index (χ1n) is 4.52. The van der Waals surface area contributed by atoms with E-state index < -0.39 is 6.61 Å². The molecule has 0 aliphatic carbocycles. The Kier molecular flexibility index (Phi) is 3.12. The maximum absolute atomic E-state index is 12.1. The largest absolute Gasteiger partial charge is 0.493 e. The Labute approximate surface area is 94.6 Å². The zero-order valence-electron chi connectivity index (χ0n) is 8.67. The molecule has 2 rings (SSSR count). The van der Waals surface area contributed by atoms with Crippen LogP contribution in [0.4, 0.5) is 8.78 Å². The SMILES string of the molecule is COc1cc(-c2nnn[n-]2)ccc1OC(F)F. The molecule has 1 aromatic carbocycles. The molecule has 0 amide bonds. The first-order chi connectivity index (χ1) is 8.20.